The van der Waals surface area contributed by atoms with Gasteiger partial charge in [-0.3, -0.25) is 4.68 Å². The fraction of sp³-hybridized carbons (Fsp3) is 0.700. The highest BCUT2D eigenvalue weighted by Gasteiger charge is 1.96. The Morgan fingerprint density at radius 2 is 2.31 bits per heavy atom. The highest BCUT2D eigenvalue weighted by molar-refractivity contribution is 5.03. The van der Waals surface area contributed by atoms with Gasteiger partial charge < -0.3 is 5.73 Å². The molecule has 0 unspecified atom stereocenters. The van der Waals surface area contributed by atoms with Crippen LogP contribution in [0.2, 0.25) is 0 Å². The SMILES string of the molecule is CCCn1cc(CCCCN)cn1. The second-order valence-electron chi connectivity index (χ2n) is 3.36. The van der Waals surface area contributed by atoms with Crippen LogP contribution in [0.15, 0.2) is 12.4 Å². The van der Waals surface area contributed by atoms with Crippen LogP contribution in [0, 0.1) is 0 Å². The Morgan fingerprint density at radius 3 is 3.00 bits per heavy atom. The molecule has 0 amide bonds. The summed E-state index contributed by atoms with van der Waals surface area (Å²) < 4.78 is 2.01. The first-order valence-electron chi connectivity index (χ1n) is 5.08. The minimum Gasteiger partial charge on any atom is -0.330 e. The fourth-order valence-electron chi connectivity index (χ4n) is 1.36. The third-order valence-electron chi connectivity index (χ3n) is 2.06. The number of unbranched alkanes of at least 4 members (excludes halogenated alkanes) is 1. The molecule has 0 fully saturated rings. The minimum atomic E-state index is 0.795. The summed E-state index contributed by atoms with van der Waals surface area (Å²) in [6.45, 7) is 3.98. The molecule has 0 radical (unpaired) electrons. The zero-order valence-electron chi connectivity index (χ0n) is 8.37. The normalized spacial score (nSPS) is 10.6. The molecule has 0 aliphatic heterocycles. The van der Waals surface area contributed by atoms with Gasteiger partial charge in [0.1, 0.15) is 0 Å². The van der Waals surface area contributed by atoms with Crippen LogP contribution < -0.4 is 5.73 Å². The van der Waals surface area contributed by atoms with Gasteiger partial charge in [-0.05, 0) is 37.8 Å². The zero-order valence-corrected chi connectivity index (χ0v) is 8.37. The summed E-state index contributed by atoms with van der Waals surface area (Å²) >= 11 is 0. The Hall–Kier alpha value is -0.830. The number of nitrogens with two attached hydrogens (primary N) is 1. The van der Waals surface area contributed by atoms with Gasteiger partial charge in [0.05, 0.1) is 6.20 Å². The Balaban J connectivity index is 2.31. The maximum atomic E-state index is 5.42. The summed E-state index contributed by atoms with van der Waals surface area (Å²) in [5, 5.41) is 4.27. The van der Waals surface area contributed by atoms with Crippen LogP contribution in [-0.4, -0.2) is 16.3 Å². The van der Waals surface area contributed by atoms with Gasteiger partial charge in [0, 0.05) is 12.7 Å². The molecule has 0 bridgehead atoms. The molecule has 74 valence electrons. The Labute approximate surface area is 79.9 Å². The van der Waals surface area contributed by atoms with Crippen molar-refractivity contribution in [2.75, 3.05) is 6.54 Å². The smallest absolute Gasteiger partial charge is 0.0521 e. The lowest BCUT2D eigenvalue weighted by atomic mass is 10.1. The zero-order chi connectivity index (χ0) is 9.52. The van der Waals surface area contributed by atoms with Crippen molar-refractivity contribution < 1.29 is 0 Å². The average molecular weight is 181 g/mol. The second-order valence-corrected chi connectivity index (χ2v) is 3.36. The van der Waals surface area contributed by atoms with Crippen LogP contribution in [0.4, 0.5) is 0 Å². The lowest BCUT2D eigenvalue weighted by molar-refractivity contribution is 0.602. The van der Waals surface area contributed by atoms with E-state index >= 15 is 0 Å². The van der Waals surface area contributed by atoms with Gasteiger partial charge in [0.25, 0.3) is 0 Å². The maximum Gasteiger partial charge on any atom is 0.0521 e. The molecule has 0 saturated heterocycles. The second kappa shape index (κ2) is 5.75. The van der Waals surface area contributed by atoms with Gasteiger partial charge in [-0.15, -0.1) is 0 Å². The summed E-state index contributed by atoms with van der Waals surface area (Å²) in [6, 6.07) is 0. The van der Waals surface area contributed by atoms with E-state index in [1.165, 1.54) is 12.0 Å². The van der Waals surface area contributed by atoms with Gasteiger partial charge in [0.2, 0.25) is 0 Å². The van der Waals surface area contributed by atoms with Crippen molar-refractivity contribution in [1.29, 1.82) is 0 Å². The van der Waals surface area contributed by atoms with Gasteiger partial charge >= 0.3 is 0 Å². The molecule has 0 spiro atoms. The van der Waals surface area contributed by atoms with Crippen molar-refractivity contribution in [1.82, 2.24) is 9.78 Å². The monoisotopic (exact) mass is 181 g/mol. The number of aryl methyl sites for hydroxylation is 2. The molecule has 1 heterocycles. The van der Waals surface area contributed by atoms with Crippen LogP contribution in [0.3, 0.4) is 0 Å². The summed E-state index contributed by atoms with van der Waals surface area (Å²) in [7, 11) is 0. The first-order valence-corrected chi connectivity index (χ1v) is 5.08. The van der Waals surface area contributed by atoms with Gasteiger partial charge in [-0.25, -0.2) is 0 Å². The van der Waals surface area contributed by atoms with E-state index in [-0.39, 0.29) is 0 Å². The van der Waals surface area contributed by atoms with E-state index in [2.05, 4.69) is 18.2 Å². The molecule has 1 aromatic heterocycles. The van der Waals surface area contributed by atoms with Crippen molar-refractivity contribution in [3.05, 3.63) is 18.0 Å². The number of hydrogen-bond donors (Lipinski definition) is 1. The molecule has 13 heavy (non-hydrogen) atoms. The molecule has 1 rings (SSSR count). The molecule has 3 heteroatoms. The molecule has 0 saturated carbocycles. The summed E-state index contributed by atoms with van der Waals surface area (Å²) in [4.78, 5) is 0. The molecule has 0 atom stereocenters. The predicted octanol–water partition coefficient (Wildman–Crippen LogP) is 1.57. The molecule has 0 aliphatic carbocycles. The largest absolute Gasteiger partial charge is 0.330 e. The molecule has 1 aromatic rings. The lowest BCUT2D eigenvalue weighted by Gasteiger charge is -1.96. The van der Waals surface area contributed by atoms with Crippen LogP contribution in [0.1, 0.15) is 31.7 Å². The highest BCUT2D eigenvalue weighted by atomic mass is 15.3. The van der Waals surface area contributed by atoms with Gasteiger partial charge in [-0.1, -0.05) is 6.92 Å². The highest BCUT2D eigenvalue weighted by Crippen LogP contribution is 2.03. The lowest BCUT2D eigenvalue weighted by Crippen LogP contribution is -1.98. The van der Waals surface area contributed by atoms with Crippen molar-refractivity contribution in [2.24, 2.45) is 5.73 Å². The third-order valence-corrected chi connectivity index (χ3v) is 2.06. The minimum absolute atomic E-state index is 0.795. The van der Waals surface area contributed by atoms with E-state index in [4.69, 9.17) is 5.73 Å². The Morgan fingerprint density at radius 1 is 1.46 bits per heavy atom. The summed E-state index contributed by atoms with van der Waals surface area (Å²) in [5.41, 5.74) is 6.76. The quantitative estimate of drug-likeness (QED) is 0.677. The topological polar surface area (TPSA) is 43.8 Å². The maximum absolute atomic E-state index is 5.42. The van der Waals surface area contributed by atoms with Crippen LogP contribution in [0.5, 0.6) is 0 Å². The molecule has 3 nitrogen and oxygen atoms in total. The number of aromatic nitrogens is 2. The van der Waals surface area contributed by atoms with Crippen LogP contribution in [0.25, 0.3) is 0 Å². The van der Waals surface area contributed by atoms with E-state index in [0.717, 1.165) is 32.4 Å². The van der Waals surface area contributed by atoms with Gasteiger partial charge in [0.15, 0.2) is 0 Å². The van der Waals surface area contributed by atoms with Gasteiger partial charge in [-0.2, -0.15) is 5.10 Å². The third kappa shape index (κ3) is 3.59. The van der Waals surface area contributed by atoms with Crippen molar-refractivity contribution in [2.45, 2.75) is 39.2 Å². The standard InChI is InChI=1S/C10H19N3/c1-2-7-13-9-10(8-12-13)5-3-4-6-11/h8-9H,2-7,11H2,1H3. The number of hydrogen-bond acceptors (Lipinski definition) is 2. The predicted molar refractivity (Wildman–Crippen MR) is 54.5 cm³/mol. The molecule has 0 aromatic carbocycles. The molecular weight excluding hydrogens is 162 g/mol. The van der Waals surface area contributed by atoms with E-state index in [0.29, 0.717) is 0 Å². The van der Waals surface area contributed by atoms with E-state index < -0.39 is 0 Å². The first kappa shape index (κ1) is 10.3. The van der Waals surface area contributed by atoms with Crippen LogP contribution in [-0.2, 0) is 13.0 Å². The first-order chi connectivity index (χ1) is 6.36. The fourth-order valence-corrected chi connectivity index (χ4v) is 1.36. The van der Waals surface area contributed by atoms with Crippen molar-refractivity contribution >= 4 is 0 Å². The summed E-state index contributed by atoms with van der Waals surface area (Å²) in [5.74, 6) is 0. The summed E-state index contributed by atoms with van der Waals surface area (Å²) in [6.07, 6.45) is 8.64. The molecule has 2 N–H and O–H groups in total. The van der Waals surface area contributed by atoms with E-state index in [1.807, 2.05) is 10.9 Å². The van der Waals surface area contributed by atoms with E-state index in [1.54, 1.807) is 0 Å². The Kier molecular flexibility index (Phi) is 4.54. The Bertz CT molecular complexity index is 230. The van der Waals surface area contributed by atoms with Crippen molar-refractivity contribution in [3.8, 4) is 0 Å². The molecular formula is C10H19N3. The van der Waals surface area contributed by atoms with Crippen molar-refractivity contribution in [3.63, 3.8) is 0 Å². The molecule has 0 aliphatic rings. The number of rotatable bonds is 6. The van der Waals surface area contributed by atoms with Crippen LogP contribution >= 0.6 is 0 Å². The average Bonchev–Trinajstić information content (AvgIpc) is 2.54. The van der Waals surface area contributed by atoms with E-state index in [9.17, 15) is 0 Å². The number of nitrogens with zero attached hydrogens (tertiary/aromatic N) is 2.